The number of nitrogens with zero attached hydrogens (tertiary/aromatic N) is 2. The lowest BCUT2D eigenvalue weighted by Crippen LogP contribution is -2.24. The first-order chi connectivity index (χ1) is 11.7. The van der Waals surface area contributed by atoms with E-state index in [0.29, 0.717) is 0 Å². The molecule has 0 saturated heterocycles. The Kier molecular flexibility index (Phi) is 4.05. The highest BCUT2D eigenvalue weighted by Gasteiger charge is 2.14. The van der Waals surface area contributed by atoms with Crippen LogP contribution in [0, 0.1) is 0 Å². The molecule has 0 N–H and O–H groups in total. The summed E-state index contributed by atoms with van der Waals surface area (Å²) < 4.78 is 0. The third-order valence-electron chi connectivity index (χ3n) is 5.38. The van der Waals surface area contributed by atoms with Gasteiger partial charge in [0, 0.05) is 38.6 Å². The van der Waals surface area contributed by atoms with Crippen LogP contribution in [0.25, 0.3) is 12.2 Å². The highest BCUT2D eigenvalue weighted by atomic mass is 15.1. The quantitative estimate of drug-likeness (QED) is 0.745. The number of benzene rings is 2. The van der Waals surface area contributed by atoms with Gasteiger partial charge < -0.3 is 9.80 Å². The van der Waals surface area contributed by atoms with Crippen molar-refractivity contribution in [3.63, 3.8) is 0 Å². The predicted molar refractivity (Wildman–Crippen MR) is 105 cm³/mol. The smallest absolute Gasteiger partial charge is 0.0396 e. The lowest BCUT2D eigenvalue weighted by atomic mass is 9.98. The van der Waals surface area contributed by atoms with Crippen LogP contribution < -0.4 is 9.80 Å². The number of anilines is 2. The lowest BCUT2D eigenvalue weighted by molar-refractivity contribution is 0.744. The molecule has 124 valence electrons. The molecule has 0 aliphatic carbocycles. The van der Waals surface area contributed by atoms with Gasteiger partial charge in [0.25, 0.3) is 0 Å². The molecule has 0 aromatic heterocycles. The van der Waals surface area contributed by atoms with Gasteiger partial charge in [0.15, 0.2) is 0 Å². The number of hydrogen-bond donors (Lipinski definition) is 0. The first-order valence-corrected chi connectivity index (χ1v) is 9.07. The van der Waals surface area contributed by atoms with Gasteiger partial charge in [-0.05, 0) is 72.2 Å². The summed E-state index contributed by atoms with van der Waals surface area (Å²) in [5, 5.41) is 0. The maximum atomic E-state index is 2.37. The molecule has 0 amide bonds. The van der Waals surface area contributed by atoms with Crippen LogP contribution >= 0.6 is 0 Å². The third-order valence-corrected chi connectivity index (χ3v) is 5.38. The van der Waals surface area contributed by atoms with Gasteiger partial charge in [-0.1, -0.05) is 24.3 Å². The van der Waals surface area contributed by atoms with Crippen molar-refractivity contribution in [1.29, 1.82) is 0 Å². The van der Waals surface area contributed by atoms with Crippen molar-refractivity contribution in [1.82, 2.24) is 0 Å². The molecule has 2 aromatic rings. The molecule has 0 fully saturated rings. The second-order valence-electron chi connectivity index (χ2n) is 7.16. The van der Waals surface area contributed by atoms with Gasteiger partial charge in [-0.15, -0.1) is 0 Å². The van der Waals surface area contributed by atoms with Gasteiger partial charge in [0.1, 0.15) is 0 Å². The Morgan fingerprint density at radius 2 is 1.17 bits per heavy atom. The molecular formula is C22H26N2. The van der Waals surface area contributed by atoms with E-state index >= 15 is 0 Å². The monoisotopic (exact) mass is 318 g/mol. The summed E-state index contributed by atoms with van der Waals surface area (Å²) in [5.74, 6) is 0. The number of rotatable bonds is 2. The van der Waals surface area contributed by atoms with Crippen molar-refractivity contribution in [3.05, 3.63) is 58.7 Å². The normalized spacial score (nSPS) is 17.1. The van der Waals surface area contributed by atoms with E-state index in [-0.39, 0.29) is 0 Å². The van der Waals surface area contributed by atoms with Crippen molar-refractivity contribution < 1.29 is 0 Å². The van der Waals surface area contributed by atoms with Gasteiger partial charge in [-0.3, -0.25) is 0 Å². The van der Waals surface area contributed by atoms with Crippen LogP contribution in [-0.2, 0) is 12.8 Å². The van der Waals surface area contributed by atoms with Crippen LogP contribution in [0.15, 0.2) is 36.4 Å². The Hall–Kier alpha value is -2.22. The SMILES string of the molecule is CN1CCCc2cc(/C=C/c3ccc4c(c3)CCCN4C)ccc21. The minimum absolute atomic E-state index is 1.17. The molecule has 0 saturated carbocycles. The van der Waals surface area contributed by atoms with Crippen molar-refractivity contribution in [2.45, 2.75) is 25.7 Å². The highest BCUT2D eigenvalue weighted by Crippen LogP contribution is 2.29. The fourth-order valence-corrected chi connectivity index (χ4v) is 4.01. The van der Waals surface area contributed by atoms with Crippen LogP contribution in [-0.4, -0.2) is 27.2 Å². The number of aryl methyl sites for hydroxylation is 2. The van der Waals surface area contributed by atoms with Crippen molar-refractivity contribution in [2.75, 3.05) is 37.0 Å². The van der Waals surface area contributed by atoms with E-state index in [1.54, 1.807) is 0 Å². The molecule has 4 rings (SSSR count). The minimum Gasteiger partial charge on any atom is -0.374 e. The summed E-state index contributed by atoms with van der Waals surface area (Å²) in [7, 11) is 4.38. The van der Waals surface area contributed by atoms with E-state index in [1.807, 2.05) is 0 Å². The zero-order valence-corrected chi connectivity index (χ0v) is 14.8. The first kappa shape index (κ1) is 15.3. The zero-order chi connectivity index (χ0) is 16.5. The molecule has 24 heavy (non-hydrogen) atoms. The maximum Gasteiger partial charge on any atom is 0.0396 e. The van der Waals surface area contributed by atoms with E-state index in [2.05, 4.69) is 72.4 Å². The third kappa shape index (κ3) is 2.93. The minimum atomic E-state index is 1.17. The van der Waals surface area contributed by atoms with Crippen LogP contribution in [0.5, 0.6) is 0 Å². The van der Waals surface area contributed by atoms with Crippen LogP contribution in [0.2, 0.25) is 0 Å². The molecule has 2 nitrogen and oxygen atoms in total. The Labute approximate surface area is 145 Å². The van der Waals surface area contributed by atoms with Gasteiger partial charge in [0.05, 0.1) is 0 Å². The maximum absolute atomic E-state index is 2.37. The van der Waals surface area contributed by atoms with Gasteiger partial charge in [-0.2, -0.15) is 0 Å². The lowest BCUT2D eigenvalue weighted by Gasteiger charge is -2.27. The summed E-state index contributed by atoms with van der Waals surface area (Å²) >= 11 is 0. The fraction of sp³-hybridized carbons (Fsp3) is 0.364. The molecule has 2 heterocycles. The number of fused-ring (bicyclic) bond motifs is 2. The van der Waals surface area contributed by atoms with E-state index < -0.39 is 0 Å². The topological polar surface area (TPSA) is 6.48 Å². The second-order valence-corrected chi connectivity index (χ2v) is 7.16. The Morgan fingerprint density at radius 3 is 1.62 bits per heavy atom. The molecule has 2 aliphatic rings. The summed E-state index contributed by atoms with van der Waals surface area (Å²) in [6.07, 6.45) is 9.43. The summed E-state index contributed by atoms with van der Waals surface area (Å²) in [6.45, 7) is 2.34. The Balaban J connectivity index is 1.57. The highest BCUT2D eigenvalue weighted by molar-refractivity contribution is 5.73. The van der Waals surface area contributed by atoms with E-state index in [1.165, 1.54) is 72.4 Å². The van der Waals surface area contributed by atoms with Crippen LogP contribution in [0.4, 0.5) is 11.4 Å². The van der Waals surface area contributed by atoms with E-state index in [4.69, 9.17) is 0 Å². The Morgan fingerprint density at radius 1 is 0.708 bits per heavy atom. The summed E-state index contributed by atoms with van der Waals surface area (Å²) in [5.41, 5.74) is 8.37. The van der Waals surface area contributed by atoms with Crippen LogP contribution in [0.3, 0.4) is 0 Å². The van der Waals surface area contributed by atoms with Crippen LogP contribution in [0.1, 0.15) is 35.1 Å². The molecule has 0 radical (unpaired) electrons. The average molecular weight is 318 g/mol. The molecule has 0 bridgehead atoms. The molecule has 2 aromatic carbocycles. The zero-order valence-electron chi connectivity index (χ0n) is 14.8. The van der Waals surface area contributed by atoms with Crippen molar-refractivity contribution in [2.24, 2.45) is 0 Å². The second kappa shape index (κ2) is 6.35. The molecule has 2 heteroatoms. The van der Waals surface area contributed by atoms with Crippen molar-refractivity contribution in [3.8, 4) is 0 Å². The molecule has 0 unspecified atom stereocenters. The molecular weight excluding hydrogens is 292 g/mol. The van der Waals surface area contributed by atoms with Gasteiger partial charge in [-0.25, -0.2) is 0 Å². The van der Waals surface area contributed by atoms with E-state index in [9.17, 15) is 0 Å². The molecule has 0 atom stereocenters. The molecule has 0 spiro atoms. The van der Waals surface area contributed by atoms with Gasteiger partial charge in [0.2, 0.25) is 0 Å². The largest absolute Gasteiger partial charge is 0.374 e. The van der Waals surface area contributed by atoms with Crippen molar-refractivity contribution >= 4 is 23.5 Å². The fourth-order valence-electron chi connectivity index (χ4n) is 4.01. The summed E-state index contributed by atoms with van der Waals surface area (Å²) in [6, 6.07) is 13.7. The summed E-state index contributed by atoms with van der Waals surface area (Å²) in [4.78, 5) is 4.73. The van der Waals surface area contributed by atoms with E-state index in [0.717, 1.165) is 0 Å². The first-order valence-electron chi connectivity index (χ1n) is 9.07. The van der Waals surface area contributed by atoms with Gasteiger partial charge >= 0.3 is 0 Å². The Bertz CT molecular complexity index is 710. The average Bonchev–Trinajstić information content (AvgIpc) is 2.60. The number of hydrogen-bond acceptors (Lipinski definition) is 2. The molecule has 2 aliphatic heterocycles. The predicted octanol–water partition coefficient (Wildman–Crippen LogP) is 4.62. The standard InChI is InChI=1S/C22H26N2/c1-23-13-3-5-19-15-17(9-11-21(19)23)7-8-18-10-12-22-20(16-18)6-4-14-24(22)2/h7-12,15-16H,3-6,13-14H2,1-2H3/b8-7+.